The van der Waals surface area contributed by atoms with Crippen LogP contribution in [-0.2, 0) is 24.3 Å². The normalized spacial score (nSPS) is 15.5. The van der Waals surface area contributed by atoms with Crippen LogP contribution in [0.2, 0.25) is 0 Å². The van der Waals surface area contributed by atoms with Crippen molar-refractivity contribution in [3.05, 3.63) is 59.7 Å². The largest absolute Gasteiger partial charge is 0.449 e. The maximum Gasteiger partial charge on any atom is 0.338 e. The number of anilines is 1. The molecule has 3 rings (SSSR count). The molecule has 2 aromatic rings. The minimum Gasteiger partial charge on any atom is -0.449 e. The van der Waals surface area contributed by atoms with Crippen LogP contribution in [0.5, 0.6) is 0 Å². The van der Waals surface area contributed by atoms with Crippen LogP contribution in [0.1, 0.15) is 22.8 Å². The molecule has 1 atom stereocenters. The van der Waals surface area contributed by atoms with Crippen molar-refractivity contribution in [2.75, 3.05) is 31.6 Å². The standard InChI is InChI=1S/C21H21N3O6S/c1-15(30-21(26)17-4-2-3-16(13-17)14-22)20(25)23-18-5-7-19(8-6-18)31(27,28)24-9-11-29-12-10-24/h2-8,13,15H,9-12H2,1H3,(H,23,25). The molecule has 1 amide bonds. The Hall–Kier alpha value is -3.26. The number of rotatable bonds is 6. The van der Waals surface area contributed by atoms with Gasteiger partial charge >= 0.3 is 5.97 Å². The second-order valence-corrected chi connectivity index (χ2v) is 8.71. The molecular formula is C21H21N3O6S. The lowest BCUT2D eigenvalue weighted by Gasteiger charge is -2.26. The first-order chi connectivity index (χ1) is 14.8. The molecule has 0 radical (unpaired) electrons. The predicted octanol–water partition coefficient (Wildman–Crippen LogP) is 1.76. The van der Waals surface area contributed by atoms with E-state index in [9.17, 15) is 18.0 Å². The first-order valence-corrected chi connectivity index (χ1v) is 11.0. The van der Waals surface area contributed by atoms with Crippen molar-refractivity contribution in [2.45, 2.75) is 17.9 Å². The molecule has 0 spiro atoms. The molecule has 1 unspecified atom stereocenters. The molecule has 1 aliphatic heterocycles. The lowest BCUT2D eigenvalue weighted by Crippen LogP contribution is -2.40. The van der Waals surface area contributed by atoms with Crippen molar-refractivity contribution in [3.8, 4) is 6.07 Å². The van der Waals surface area contributed by atoms with Gasteiger partial charge in [0.2, 0.25) is 10.0 Å². The van der Waals surface area contributed by atoms with E-state index < -0.39 is 28.0 Å². The smallest absolute Gasteiger partial charge is 0.338 e. The first-order valence-electron chi connectivity index (χ1n) is 9.51. The number of carbonyl (C=O) groups excluding carboxylic acids is 2. The molecule has 0 aliphatic carbocycles. The van der Waals surface area contributed by atoms with Gasteiger partial charge in [-0.25, -0.2) is 13.2 Å². The Bertz CT molecular complexity index is 1100. The van der Waals surface area contributed by atoms with Crippen molar-refractivity contribution >= 4 is 27.6 Å². The maximum absolute atomic E-state index is 12.6. The van der Waals surface area contributed by atoms with Gasteiger partial charge in [-0.1, -0.05) is 6.07 Å². The molecule has 0 saturated carbocycles. The van der Waals surface area contributed by atoms with Gasteiger partial charge in [0.05, 0.1) is 35.3 Å². The van der Waals surface area contributed by atoms with Gasteiger partial charge in [-0.2, -0.15) is 9.57 Å². The van der Waals surface area contributed by atoms with E-state index in [0.29, 0.717) is 37.6 Å². The topological polar surface area (TPSA) is 126 Å². The zero-order valence-electron chi connectivity index (χ0n) is 16.8. The van der Waals surface area contributed by atoms with Gasteiger partial charge in [-0.05, 0) is 49.4 Å². The van der Waals surface area contributed by atoms with Crippen LogP contribution in [0.3, 0.4) is 0 Å². The van der Waals surface area contributed by atoms with Gasteiger partial charge in [0.15, 0.2) is 6.10 Å². The number of esters is 1. The van der Waals surface area contributed by atoms with Crippen molar-refractivity contribution < 1.29 is 27.5 Å². The fourth-order valence-corrected chi connectivity index (χ4v) is 4.30. The summed E-state index contributed by atoms with van der Waals surface area (Å²) in [6.45, 7) is 2.70. The Kier molecular flexibility index (Phi) is 7.02. The molecule has 1 fully saturated rings. The number of ether oxygens (including phenoxy) is 2. The van der Waals surface area contributed by atoms with E-state index in [1.54, 1.807) is 12.1 Å². The molecule has 31 heavy (non-hydrogen) atoms. The number of amides is 1. The van der Waals surface area contributed by atoms with Crippen LogP contribution in [0, 0.1) is 11.3 Å². The Morgan fingerprint density at radius 1 is 1.16 bits per heavy atom. The van der Waals surface area contributed by atoms with Gasteiger partial charge in [-0.3, -0.25) is 4.79 Å². The highest BCUT2D eigenvalue weighted by atomic mass is 32.2. The first kappa shape index (κ1) is 22.4. The average Bonchev–Trinajstić information content (AvgIpc) is 2.80. The summed E-state index contributed by atoms with van der Waals surface area (Å²) in [4.78, 5) is 24.7. The summed E-state index contributed by atoms with van der Waals surface area (Å²) in [6, 6.07) is 13.6. The van der Waals surface area contributed by atoms with Crippen LogP contribution in [0.15, 0.2) is 53.4 Å². The molecule has 10 heteroatoms. The number of benzene rings is 2. The number of sulfonamides is 1. The van der Waals surface area contributed by atoms with E-state index in [1.165, 1.54) is 47.6 Å². The lowest BCUT2D eigenvalue weighted by molar-refractivity contribution is -0.123. The molecule has 1 aliphatic rings. The average molecular weight is 443 g/mol. The zero-order valence-corrected chi connectivity index (χ0v) is 17.6. The summed E-state index contributed by atoms with van der Waals surface area (Å²) in [5.41, 5.74) is 0.829. The Balaban J connectivity index is 1.61. The van der Waals surface area contributed by atoms with Gasteiger partial charge in [0.1, 0.15) is 0 Å². The fraction of sp³-hybridized carbons (Fsp3) is 0.286. The SMILES string of the molecule is CC(OC(=O)c1cccc(C#N)c1)C(=O)Nc1ccc(S(=O)(=O)N2CCOCC2)cc1. The van der Waals surface area contributed by atoms with E-state index in [0.717, 1.165) is 0 Å². The summed E-state index contributed by atoms with van der Waals surface area (Å²) < 4.78 is 37.0. The molecule has 1 N–H and O–H groups in total. The van der Waals surface area contributed by atoms with E-state index in [-0.39, 0.29) is 10.5 Å². The summed E-state index contributed by atoms with van der Waals surface area (Å²) in [5, 5.41) is 11.5. The highest BCUT2D eigenvalue weighted by Crippen LogP contribution is 2.20. The maximum atomic E-state index is 12.6. The molecular weight excluding hydrogens is 422 g/mol. The molecule has 9 nitrogen and oxygen atoms in total. The third kappa shape index (κ3) is 5.46. The van der Waals surface area contributed by atoms with Crippen LogP contribution < -0.4 is 5.32 Å². The minimum atomic E-state index is -3.63. The molecule has 0 aromatic heterocycles. The van der Waals surface area contributed by atoms with Crippen molar-refractivity contribution in [3.63, 3.8) is 0 Å². The molecule has 1 saturated heterocycles. The molecule has 2 aromatic carbocycles. The summed E-state index contributed by atoms with van der Waals surface area (Å²) in [6.07, 6.45) is -1.10. The highest BCUT2D eigenvalue weighted by Gasteiger charge is 2.26. The van der Waals surface area contributed by atoms with Crippen LogP contribution in [-0.4, -0.2) is 57.0 Å². The number of nitriles is 1. The van der Waals surface area contributed by atoms with Crippen molar-refractivity contribution in [1.29, 1.82) is 5.26 Å². The number of hydrogen-bond donors (Lipinski definition) is 1. The monoisotopic (exact) mass is 443 g/mol. The number of nitrogens with zero attached hydrogens (tertiary/aromatic N) is 2. The van der Waals surface area contributed by atoms with Crippen LogP contribution in [0.4, 0.5) is 5.69 Å². The molecule has 1 heterocycles. The second-order valence-electron chi connectivity index (χ2n) is 6.77. The lowest BCUT2D eigenvalue weighted by atomic mass is 10.1. The molecule has 162 valence electrons. The molecule has 0 bridgehead atoms. The number of nitrogens with one attached hydrogen (secondary N) is 1. The third-order valence-corrected chi connectivity index (χ3v) is 6.52. The van der Waals surface area contributed by atoms with Gasteiger partial charge < -0.3 is 14.8 Å². The Morgan fingerprint density at radius 2 is 1.84 bits per heavy atom. The predicted molar refractivity (Wildman–Crippen MR) is 111 cm³/mol. The van der Waals surface area contributed by atoms with E-state index in [1.807, 2.05) is 6.07 Å². The van der Waals surface area contributed by atoms with E-state index in [4.69, 9.17) is 14.7 Å². The number of hydrogen-bond acceptors (Lipinski definition) is 7. The van der Waals surface area contributed by atoms with Crippen molar-refractivity contribution in [2.24, 2.45) is 0 Å². The quantitative estimate of drug-likeness (QED) is 0.674. The Labute approximate surface area is 180 Å². The zero-order chi connectivity index (χ0) is 22.4. The summed E-state index contributed by atoms with van der Waals surface area (Å²) in [7, 11) is -3.63. The highest BCUT2D eigenvalue weighted by molar-refractivity contribution is 7.89. The fourth-order valence-electron chi connectivity index (χ4n) is 2.89. The van der Waals surface area contributed by atoms with E-state index in [2.05, 4.69) is 5.32 Å². The van der Waals surface area contributed by atoms with E-state index >= 15 is 0 Å². The Morgan fingerprint density at radius 3 is 2.48 bits per heavy atom. The van der Waals surface area contributed by atoms with Gasteiger partial charge in [0.25, 0.3) is 5.91 Å². The van der Waals surface area contributed by atoms with Gasteiger partial charge in [-0.15, -0.1) is 0 Å². The second kappa shape index (κ2) is 9.70. The number of carbonyl (C=O) groups is 2. The van der Waals surface area contributed by atoms with Crippen LogP contribution in [0.25, 0.3) is 0 Å². The minimum absolute atomic E-state index is 0.115. The van der Waals surface area contributed by atoms with Gasteiger partial charge in [0, 0.05) is 18.8 Å². The van der Waals surface area contributed by atoms with Crippen LogP contribution >= 0.6 is 0 Å². The third-order valence-electron chi connectivity index (χ3n) is 4.61. The summed E-state index contributed by atoms with van der Waals surface area (Å²) >= 11 is 0. The van der Waals surface area contributed by atoms with Crippen molar-refractivity contribution in [1.82, 2.24) is 4.31 Å². The number of morpholine rings is 1. The summed E-state index contributed by atoms with van der Waals surface area (Å²) in [5.74, 6) is -1.31.